The molecule has 0 saturated heterocycles. The van der Waals surface area contributed by atoms with Crippen LogP contribution < -0.4 is 14.8 Å². The number of nitrogens with one attached hydrogen (secondary N) is 1. The van der Waals surface area contributed by atoms with E-state index in [0.29, 0.717) is 29.2 Å². The van der Waals surface area contributed by atoms with E-state index >= 15 is 0 Å². The van der Waals surface area contributed by atoms with Gasteiger partial charge in [-0.05, 0) is 55.0 Å². The lowest BCUT2D eigenvalue weighted by molar-refractivity contribution is -0.112. The van der Waals surface area contributed by atoms with Crippen LogP contribution in [0.15, 0.2) is 72.3 Å². The first-order chi connectivity index (χ1) is 16.9. The van der Waals surface area contributed by atoms with Gasteiger partial charge in [-0.15, -0.1) is 0 Å². The van der Waals surface area contributed by atoms with Gasteiger partial charge in [0, 0.05) is 11.3 Å². The maximum atomic E-state index is 12.6. The minimum absolute atomic E-state index is 0.0135. The van der Waals surface area contributed by atoms with Gasteiger partial charge in [-0.1, -0.05) is 30.3 Å². The Kier molecular flexibility index (Phi) is 8.20. The highest BCUT2D eigenvalue weighted by atomic mass is 16.5. The van der Waals surface area contributed by atoms with Crippen LogP contribution >= 0.6 is 0 Å². The Morgan fingerprint density at radius 3 is 2.51 bits per heavy atom. The van der Waals surface area contributed by atoms with Crippen LogP contribution in [0.1, 0.15) is 34.0 Å². The van der Waals surface area contributed by atoms with Crippen molar-refractivity contribution >= 4 is 23.6 Å². The number of hydrogen-bond donors (Lipinski definition) is 2. The van der Waals surface area contributed by atoms with Crippen molar-refractivity contribution in [2.45, 2.75) is 13.5 Å². The average Bonchev–Trinajstić information content (AvgIpc) is 2.87. The van der Waals surface area contributed by atoms with Crippen molar-refractivity contribution in [3.8, 4) is 23.6 Å². The number of carboxylic acids is 1. The third-order valence-electron chi connectivity index (χ3n) is 4.83. The largest absolute Gasteiger partial charge is 0.490 e. The topological polar surface area (TPSA) is 132 Å². The van der Waals surface area contributed by atoms with Gasteiger partial charge in [0.1, 0.15) is 18.2 Å². The number of aromatic carboxylic acids is 1. The van der Waals surface area contributed by atoms with Crippen molar-refractivity contribution in [2.24, 2.45) is 0 Å². The van der Waals surface area contributed by atoms with Crippen LogP contribution in [0.2, 0.25) is 0 Å². The molecule has 0 bridgehead atoms. The fraction of sp³-hybridized carbons (Fsp3) is 0.111. The summed E-state index contributed by atoms with van der Waals surface area (Å²) in [6.45, 7) is 2.35. The van der Waals surface area contributed by atoms with Gasteiger partial charge >= 0.3 is 5.97 Å². The summed E-state index contributed by atoms with van der Waals surface area (Å²) in [5.74, 6) is -0.937. The van der Waals surface area contributed by atoms with Crippen molar-refractivity contribution in [3.63, 3.8) is 0 Å². The number of anilines is 1. The van der Waals surface area contributed by atoms with Crippen LogP contribution in [-0.2, 0) is 11.4 Å². The number of carbonyl (C=O) groups excluding carboxylic acids is 1. The van der Waals surface area contributed by atoms with Gasteiger partial charge in [-0.25, -0.2) is 4.79 Å². The lowest BCUT2D eigenvalue weighted by Crippen LogP contribution is -2.14. The fourth-order valence-electron chi connectivity index (χ4n) is 3.16. The fourth-order valence-corrected chi connectivity index (χ4v) is 3.16. The minimum atomic E-state index is -1.13. The highest BCUT2D eigenvalue weighted by Gasteiger charge is 2.13. The van der Waals surface area contributed by atoms with Crippen molar-refractivity contribution in [1.82, 2.24) is 0 Å². The van der Waals surface area contributed by atoms with Crippen LogP contribution in [0, 0.1) is 22.7 Å². The Balaban J connectivity index is 1.80. The van der Waals surface area contributed by atoms with Gasteiger partial charge in [0.2, 0.25) is 0 Å². The second kappa shape index (κ2) is 11.7. The van der Waals surface area contributed by atoms with Gasteiger partial charge in [-0.3, -0.25) is 4.79 Å². The normalized spacial score (nSPS) is 10.5. The van der Waals surface area contributed by atoms with E-state index in [-0.39, 0.29) is 23.4 Å². The number of amides is 1. The molecule has 0 aliphatic carbocycles. The summed E-state index contributed by atoms with van der Waals surface area (Å²) in [6.07, 6.45) is 1.40. The first-order valence-electron chi connectivity index (χ1n) is 10.6. The number of carboxylic acid groups (broad SMARTS) is 1. The molecule has 35 heavy (non-hydrogen) atoms. The number of benzene rings is 3. The molecular formula is C27H21N3O5. The Bertz CT molecular complexity index is 1370. The summed E-state index contributed by atoms with van der Waals surface area (Å²) < 4.78 is 11.5. The number of hydrogen-bond acceptors (Lipinski definition) is 6. The number of rotatable bonds is 9. The van der Waals surface area contributed by atoms with E-state index in [2.05, 4.69) is 11.4 Å². The SMILES string of the molecule is CCOc1cc(C=C(C#N)C(=O)Nc2cccc(C(=O)O)c2)ccc1OCc1ccccc1C#N. The molecule has 0 saturated carbocycles. The summed E-state index contributed by atoms with van der Waals surface area (Å²) in [5.41, 5.74) is 1.88. The Morgan fingerprint density at radius 2 is 1.80 bits per heavy atom. The molecule has 0 heterocycles. The molecule has 0 fully saturated rings. The number of ether oxygens (including phenoxy) is 2. The van der Waals surface area contributed by atoms with E-state index in [1.54, 1.807) is 36.4 Å². The monoisotopic (exact) mass is 467 g/mol. The smallest absolute Gasteiger partial charge is 0.335 e. The molecule has 0 spiro atoms. The molecule has 8 heteroatoms. The zero-order valence-electron chi connectivity index (χ0n) is 18.8. The van der Waals surface area contributed by atoms with Crippen LogP contribution in [-0.4, -0.2) is 23.6 Å². The zero-order chi connectivity index (χ0) is 25.2. The van der Waals surface area contributed by atoms with Crippen LogP contribution in [0.5, 0.6) is 11.5 Å². The van der Waals surface area contributed by atoms with Crippen molar-refractivity contribution in [2.75, 3.05) is 11.9 Å². The predicted octanol–water partition coefficient (Wildman–Crippen LogP) is 4.78. The molecule has 3 aromatic carbocycles. The van der Waals surface area contributed by atoms with Crippen molar-refractivity contribution in [3.05, 3.63) is 94.6 Å². The molecule has 0 radical (unpaired) electrons. The molecule has 0 atom stereocenters. The maximum absolute atomic E-state index is 12.6. The van der Waals surface area contributed by atoms with Crippen LogP contribution in [0.25, 0.3) is 6.08 Å². The van der Waals surface area contributed by atoms with E-state index in [0.717, 1.165) is 5.56 Å². The maximum Gasteiger partial charge on any atom is 0.335 e. The highest BCUT2D eigenvalue weighted by Crippen LogP contribution is 2.30. The summed E-state index contributed by atoms with van der Waals surface area (Å²) in [4.78, 5) is 23.7. The van der Waals surface area contributed by atoms with Gasteiger partial charge in [-0.2, -0.15) is 10.5 Å². The first kappa shape index (κ1) is 24.6. The molecule has 0 aliphatic rings. The molecular weight excluding hydrogens is 446 g/mol. The van der Waals surface area contributed by atoms with Crippen molar-refractivity contribution < 1.29 is 24.2 Å². The molecule has 3 aromatic rings. The molecule has 174 valence electrons. The third kappa shape index (κ3) is 6.47. The van der Waals surface area contributed by atoms with E-state index in [1.165, 1.54) is 30.3 Å². The van der Waals surface area contributed by atoms with Gasteiger partial charge < -0.3 is 19.9 Å². The van der Waals surface area contributed by atoms with Crippen LogP contribution in [0.4, 0.5) is 5.69 Å². The van der Waals surface area contributed by atoms with Gasteiger partial charge in [0.05, 0.1) is 23.8 Å². The summed E-state index contributed by atoms with van der Waals surface area (Å²) in [6, 6.07) is 21.8. The molecule has 2 N–H and O–H groups in total. The van der Waals surface area contributed by atoms with E-state index in [4.69, 9.17) is 14.6 Å². The summed E-state index contributed by atoms with van der Waals surface area (Å²) in [7, 11) is 0. The highest BCUT2D eigenvalue weighted by molar-refractivity contribution is 6.10. The Labute approximate surface area is 202 Å². The summed E-state index contributed by atoms with van der Waals surface area (Å²) in [5, 5.41) is 30.4. The Morgan fingerprint density at radius 1 is 1.00 bits per heavy atom. The van der Waals surface area contributed by atoms with E-state index in [1.807, 2.05) is 19.1 Å². The Hall–Kier alpha value is -5.08. The number of carbonyl (C=O) groups is 2. The number of nitrogens with zero attached hydrogens (tertiary/aromatic N) is 2. The summed E-state index contributed by atoms with van der Waals surface area (Å²) >= 11 is 0. The van der Waals surface area contributed by atoms with Gasteiger partial charge in [0.15, 0.2) is 11.5 Å². The lowest BCUT2D eigenvalue weighted by Gasteiger charge is -2.13. The molecule has 8 nitrogen and oxygen atoms in total. The lowest BCUT2D eigenvalue weighted by atomic mass is 10.1. The predicted molar refractivity (Wildman–Crippen MR) is 129 cm³/mol. The third-order valence-corrected chi connectivity index (χ3v) is 4.83. The minimum Gasteiger partial charge on any atom is -0.490 e. The average molecular weight is 467 g/mol. The molecule has 1 amide bonds. The quantitative estimate of drug-likeness (QED) is 0.342. The van der Waals surface area contributed by atoms with E-state index in [9.17, 15) is 20.1 Å². The van der Waals surface area contributed by atoms with E-state index < -0.39 is 11.9 Å². The molecule has 3 rings (SSSR count). The first-order valence-corrected chi connectivity index (χ1v) is 10.6. The van der Waals surface area contributed by atoms with Crippen molar-refractivity contribution in [1.29, 1.82) is 10.5 Å². The second-order valence-corrected chi connectivity index (χ2v) is 7.21. The molecule has 0 unspecified atom stereocenters. The number of nitriles is 2. The standard InChI is InChI=1S/C27H21N3O5/c1-2-34-25-13-18(10-11-24(25)35-17-21-7-4-3-6-20(21)15-28)12-22(16-29)26(31)30-23-9-5-8-19(14-23)27(32)33/h3-14H,2,17H2,1H3,(H,30,31)(H,32,33). The molecule has 0 aliphatic heterocycles. The zero-order valence-corrected chi connectivity index (χ0v) is 18.8. The van der Waals surface area contributed by atoms with Gasteiger partial charge in [0.25, 0.3) is 5.91 Å². The van der Waals surface area contributed by atoms with Crippen LogP contribution in [0.3, 0.4) is 0 Å². The molecule has 0 aromatic heterocycles. The second-order valence-electron chi connectivity index (χ2n) is 7.21.